The van der Waals surface area contributed by atoms with Crippen LogP contribution in [0.2, 0.25) is 0 Å². The SMILES string of the molecule is CC(C)C(=O)O.CC(C)C(=O)O.SS. The molecule has 14 heavy (non-hydrogen) atoms. The fraction of sp³-hybridized carbons (Fsp3) is 0.750. The molecule has 0 saturated heterocycles. The molecule has 4 nitrogen and oxygen atoms in total. The Morgan fingerprint density at radius 3 is 0.929 bits per heavy atom. The van der Waals surface area contributed by atoms with Gasteiger partial charge in [-0.2, -0.15) is 0 Å². The molecule has 86 valence electrons. The monoisotopic (exact) mass is 242 g/mol. The average Bonchev–Trinajstić information content (AvgIpc) is 2.08. The molecule has 0 aliphatic rings. The lowest BCUT2D eigenvalue weighted by molar-refractivity contribution is -0.141. The van der Waals surface area contributed by atoms with Crippen LogP contribution in [0.25, 0.3) is 0 Å². The second-order valence-corrected chi connectivity index (χ2v) is 2.99. The highest BCUT2D eigenvalue weighted by molar-refractivity contribution is 8.59. The van der Waals surface area contributed by atoms with E-state index < -0.39 is 11.9 Å². The zero-order chi connectivity index (χ0) is 12.3. The maximum Gasteiger partial charge on any atom is 0.305 e. The van der Waals surface area contributed by atoms with Crippen molar-refractivity contribution >= 4 is 35.3 Å². The molecule has 0 heterocycles. The first-order valence-electron chi connectivity index (χ1n) is 3.94. The predicted octanol–water partition coefficient (Wildman–Crippen LogP) is 2.22. The molecule has 0 aromatic heterocycles. The third-order valence-electron chi connectivity index (χ3n) is 0.988. The Bertz CT molecular complexity index is 139. The highest BCUT2D eigenvalue weighted by Gasteiger charge is 1.99. The minimum atomic E-state index is -0.741. The van der Waals surface area contributed by atoms with Crippen molar-refractivity contribution in [3.63, 3.8) is 0 Å². The van der Waals surface area contributed by atoms with Crippen LogP contribution in [-0.4, -0.2) is 22.2 Å². The van der Waals surface area contributed by atoms with E-state index in [1.807, 2.05) is 0 Å². The van der Waals surface area contributed by atoms with Gasteiger partial charge in [0.2, 0.25) is 0 Å². The summed E-state index contributed by atoms with van der Waals surface area (Å²) in [6, 6.07) is 0. The van der Waals surface area contributed by atoms with E-state index in [-0.39, 0.29) is 11.8 Å². The normalized spacial score (nSPS) is 8.29. The third-order valence-corrected chi connectivity index (χ3v) is 0.988. The Labute approximate surface area is 94.9 Å². The molecule has 0 unspecified atom stereocenters. The number of rotatable bonds is 2. The van der Waals surface area contributed by atoms with Gasteiger partial charge in [0.1, 0.15) is 0 Å². The molecule has 0 bridgehead atoms. The Morgan fingerprint density at radius 1 is 0.857 bits per heavy atom. The van der Waals surface area contributed by atoms with E-state index >= 15 is 0 Å². The van der Waals surface area contributed by atoms with Crippen LogP contribution < -0.4 is 0 Å². The van der Waals surface area contributed by atoms with Gasteiger partial charge >= 0.3 is 11.9 Å². The number of thiol groups is 2. The fourth-order valence-corrected chi connectivity index (χ4v) is 0. The van der Waals surface area contributed by atoms with Gasteiger partial charge in [-0.1, -0.05) is 27.7 Å². The summed E-state index contributed by atoms with van der Waals surface area (Å²) >= 11 is 6.44. The molecule has 0 atom stereocenters. The van der Waals surface area contributed by atoms with Crippen molar-refractivity contribution in [2.75, 3.05) is 0 Å². The standard InChI is InChI=1S/2C4H8O2.H2S2/c2*1-3(2)4(5)6;1-2/h2*3H,1-2H3,(H,5,6);1-2H. The van der Waals surface area contributed by atoms with Crippen molar-refractivity contribution in [3.05, 3.63) is 0 Å². The van der Waals surface area contributed by atoms with E-state index in [1.54, 1.807) is 27.7 Å². The van der Waals surface area contributed by atoms with Crippen molar-refractivity contribution in [3.8, 4) is 0 Å². The van der Waals surface area contributed by atoms with Crippen molar-refractivity contribution < 1.29 is 19.8 Å². The first kappa shape index (κ1) is 19.2. The number of carbonyl (C=O) groups is 2. The fourth-order valence-electron chi connectivity index (χ4n) is 0. The predicted molar refractivity (Wildman–Crippen MR) is 62.9 cm³/mol. The van der Waals surface area contributed by atoms with Crippen LogP contribution in [0, 0.1) is 11.8 Å². The molecular weight excluding hydrogens is 224 g/mol. The molecular formula is C8H18O4S2. The summed E-state index contributed by atoms with van der Waals surface area (Å²) in [4.78, 5) is 19.4. The summed E-state index contributed by atoms with van der Waals surface area (Å²) in [7, 11) is 0. The Morgan fingerprint density at radius 2 is 0.929 bits per heavy atom. The lowest BCUT2D eigenvalue weighted by atomic mass is 10.2. The van der Waals surface area contributed by atoms with Crippen LogP contribution in [0.5, 0.6) is 0 Å². The van der Waals surface area contributed by atoms with Crippen LogP contribution >= 0.6 is 23.3 Å². The van der Waals surface area contributed by atoms with Gasteiger partial charge in [-0.05, 0) is 0 Å². The summed E-state index contributed by atoms with van der Waals surface area (Å²) in [5.41, 5.74) is 0. The molecule has 0 fully saturated rings. The molecule has 6 heteroatoms. The Kier molecular flexibility index (Phi) is 17.4. The molecule has 0 saturated carbocycles. The van der Waals surface area contributed by atoms with Crippen LogP contribution in [0.3, 0.4) is 0 Å². The topological polar surface area (TPSA) is 74.6 Å². The van der Waals surface area contributed by atoms with Gasteiger partial charge in [-0.3, -0.25) is 9.59 Å². The largest absolute Gasteiger partial charge is 0.481 e. The van der Waals surface area contributed by atoms with Crippen LogP contribution in [-0.2, 0) is 9.59 Å². The molecule has 0 aromatic rings. The minimum absolute atomic E-state index is 0.231. The van der Waals surface area contributed by atoms with Gasteiger partial charge < -0.3 is 10.2 Å². The number of aliphatic carboxylic acids is 2. The molecule has 0 amide bonds. The molecule has 0 radical (unpaired) electrons. The number of hydrogen-bond acceptors (Lipinski definition) is 4. The smallest absolute Gasteiger partial charge is 0.305 e. The molecule has 2 N–H and O–H groups in total. The zero-order valence-corrected chi connectivity index (χ0v) is 10.5. The summed E-state index contributed by atoms with van der Waals surface area (Å²) in [6.45, 7) is 6.56. The van der Waals surface area contributed by atoms with Gasteiger partial charge in [0.25, 0.3) is 0 Å². The minimum Gasteiger partial charge on any atom is -0.481 e. The summed E-state index contributed by atoms with van der Waals surface area (Å²) < 4.78 is 0. The van der Waals surface area contributed by atoms with E-state index in [2.05, 4.69) is 23.3 Å². The summed E-state index contributed by atoms with van der Waals surface area (Å²) in [6.07, 6.45) is 0. The lowest BCUT2D eigenvalue weighted by Crippen LogP contribution is -2.03. The van der Waals surface area contributed by atoms with Gasteiger partial charge in [0.15, 0.2) is 0 Å². The van der Waals surface area contributed by atoms with E-state index in [9.17, 15) is 9.59 Å². The van der Waals surface area contributed by atoms with Crippen molar-refractivity contribution in [1.29, 1.82) is 0 Å². The maximum atomic E-state index is 9.70. The molecule has 0 aliphatic carbocycles. The summed E-state index contributed by atoms with van der Waals surface area (Å²) in [5, 5.41) is 16.0. The van der Waals surface area contributed by atoms with E-state index in [0.29, 0.717) is 0 Å². The van der Waals surface area contributed by atoms with Crippen LogP contribution in [0.1, 0.15) is 27.7 Å². The lowest BCUT2D eigenvalue weighted by Gasteiger charge is -1.89. The first-order chi connectivity index (χ1) is 6.29. The first-order valence-corrected chi connectivity index (χ1v) is 5.54. The van der Waals surface area contributed by atoms with Gasteiger partial charge in [-0.15, -0.1) is 23.3 Å². The van der Waals surface area contributed by atoms with E-state index in [1.165, 1.54) is 0 Å². The quantitative estimate of drug-likeness (QED) is 0.442. The van der Waals surface area contributed by atoms with Gasteiger partial charge in [0, 0.05) is 0 Å². The van der Waals surface area contributed by atoms with E-state index in [4.69, 9.17) is 10.2 Å². The van der Waals surface area contributed by atoms with Crippen molar-refractivity contribution in [2.24, 2.45) is 11.8 Å². The molecule has 0 aliphatic heterocycles. The molecule has 0 aromatic carbocycles. The summed E-state index contributed by atoms with van der Waals surface area (Å²) in [5.74, 6) is -1.94. The number of carboxylic acids is 2. The second-order valence-electron chi connectivity index (χ2n) is 2.99. The Balaban J connectivity index is -0.000000147. The second kappa shape index (κ2) is 12.6. The third kappa shape index (κ3) is 22.6. The van der Waals surface area contributed by atoms with Gasteiger partial charge in [0.05, 0.1) is 11.8 Å². The van der Waals surface area contributed by atoms with Crippen LogP contribution in [0.4, 0.5) is 0 Å². The van der Waals surface area contributed by atoms with Crippen molar-refractivity contribution in [1.82, 2.24) is 0 Å². The molecule has 0 rings (SSSR count). The van der Waals surface area contributed by atoms with Crippen molar-refractivity contribution in [2.45, 2.75) is 27.7 Å². The molecule has 0 spiro atoms. The number of hydrogen-bond donors (Lipinski definition) is 4. The number of carboxylic acid groups (broad SMARTS) is 2. The van der Waals surface area contributed by atoms with Gasteiger partial charge in [-0.25, -0.2) is 0 Å². The van der Waals surface area contributed by atoms with E-state index in [0.717, 1.165) is 0 Å². The van der Waals surface area contributed by atoms with Crippen LogP contribution in [0.15, 0.2) is 0 Å². The highest BCUT2D eigenvalue weighted by Crippen LogP contribution is 1.87. The zero-order valence-electron chi connectivity index (χ0n) is 8.76. The average molecular weight is 242 g/mol. The highest BCUT2D eigenvalue weighted by atomic mass is 33.1. The Hall–Kier alpha value is -0.360. The maximum absolute atomic E-state index is 9.70.